The molecule has 0 bridgehead atoms. The van der Waals surface area contributed by atoms with E-state index in [2.05, 4.69) is 22.6 Å². The molecule has 0 radical (unpaired) electrons. The van der Waals surface area contributed by atoms with Crippen molar-refractivity contribution in [2.24, 2.45) is 11.3 Å². The summed E-state index contributed by atoms with van der Waals surface area (Å²) in [5, 5.41) is 10.8. The van der Waals surface area contributed by atoms with Crippen molar-refractivity contribution in [2.45, 2.75) is 46.1 Å². The number of aromatic nitrogens is 3. The molecule has 20 heavy (non-hydrogen) atoms. The Morgan fingerprint density at radius 2 is 2.35 bits per heavy atom. The molecule has 110 valence electrons. The number of carbonyl (C=O) groups is 1. The number of amides is 2. The number of rotatable bonds is 2. The molecular formula is C14H23N5O. The molecule has 1 aliphatic carbocycles. The van der Waals surface area contributed by atoms with Crippen LogP contribution in [0.15, 0.2) is 6.20 Å². The molecule has 1 aromatic heterocycles. The zero-order valence-electron chi connectivity index (χ0n) is 12.3. The largest absolute Gasteiger partial charge is 0.324 e. The number of anilines is 1. The van der Waals surface area contributed by atoms with E-state index in [0.29, 0.717) is 11.2 Å². The molecule has 1 aliphatic heterocycles. The molecule has 1 spiro atoms. The average molecular weight is 277 g/mol. The Kier molecular flexibility index (Phi) is 3.40. The quantitative estimate of drug-likeness (QED) is 0.902. The van der Waals surface area contributed by atoms with E-state index in [1.165, 1.54) is 19.3 Å². The maximum Gasteiger partial charge on any atom is 0.323 e. The third kappa shape index (κ3) is 2.27. The SMILES string of the molecule is CCn1cc(NC(=O)N2CCC(C)C3(CCC3)C2)nn1. The number of hydrogen-bond acceptors (Lipinski definition) is 3. The lowest BCUT2D eigenvalue weighted by Gasteiger charge is -2.52. The lowest BCUT2D eigenvalue weighted by Crippen LogP contribution is -2.54. The number of nitrogens with zero attached hydrogens (tertiary/aromatic N) is 4. The first-order valence-corrected chi connectivity index (χ1v) is 7.59. The van der Waals surface area contributed by atoms with Crippen LogP contribution in [0.1, 0.15) is 39.5 Å². The van der Waals surface area contributed by atoms with E-state index >= 15 is 0 Å². The van der Waals surface area contributed by atoms with Gasteiger partial charge in [0.2, 0.25) is 0 Å². The van der Waals surface area contributed by atoms with Crippen LogP contribution in [0.3, 0.4) is 0 Å². The number of nitrogens with one attached hydrogen (secondary N) is 1. The standard InChI is InChI=1S/C14H23N5O/c1-3-19-9-12(16-17-19)15-13(20)18-8-5-11(2)14(10-18)6-4-7-14/h9,11H,3-8,10H2,1-2H3,(H,15,20). The van der Waals surface area contributed by atoms with Gasteiger partial charge in [-0.3, -0.25) is 10.00 Å². The summed E-state index contributed by atoms with van der Waals surface area (Å²) in [5.41, 5.74) is 0.386. The minimum Gasteiger partial charge on any atom is -0.324 e. The maximum absolute atomic E-state index is 12.3. The van der Waals surface area contributed by atoms with Gasteiger partial charge in [-0.05, 0) is 37.5 Å². The smallest absolute Gasteiger partial charge is 0.323 e. The van der Waals surface area contributed by atoms with Gasteiger partial charge in [0.1, 0.15) is 0 Å². The third-order valence-electron chi connectivity index (χ3n) is 5.12. The number of urea groups is 1. The van der Waals surface area contributed by atoms with Gasteiger partial charge in [0.15, 0.2) is 5.82 Å². The highest BCUT2D eigenvalue weighted by atomic mass is 16.2. The molecule has 2 aliphatic rings. The van der Waals surface area contributed by atoms with Gasteiger partial charge in [0, 0.05) is 19.6 Å². The van der Waals surface area contributed by atoms with Gasteiger partial charge >= 0.3 is 6.03 Å². The van der Waals surface area contributed by atoms with Crippen molar-refractivity contribution in [3.8, 4) is 0 Å². The molecule has 1 atom stereocenters. The Hall–Kier alpha value is -1.59. The maximum atomic E-state index is 12.3. The third-order valence-corrected chi connectivity index (χ3v) is 5.12. The van der Waals surface area contributed by atoms with Crippen molar-refractivity contribution in [3.05, 3.63) is 6.20 Å². The Balaban J connectivity index is 1.62. The van der Waals surface area contributed by atoms with Crippen LogP contribution in [0.4, 0.5) is 10.6 Å². The number of likely N-dealkylation sites (tertiary alicyclic amines) is 1. The zero-order valence-corrected chi connectivity index (χ0v) is 12.3. The summed E-state index contributed by atoms with van der Waals surface area (Å²) < 4.78 is 1.71. The molecule has 1 saturated heterocycles. The van der Waals surface area contributed by atoms with Crippen LogP contribution < -0.4 is 5.32 Å². The van der Waals surface area contributed by atoms with Crippen LogP contribution in [0.5, 0.6) is 0 Å². The Morgan fingerprint density at radius 3 is 2.95 bits per heavy atom. The normalized spacial score (nSPS) is 24.5. The van der Waals surface area contributed by atoms with Crippen molar-refractivity contribution >= 4 is 11.8 Å². The van der Waals surface area contributed by atoms with Crippen molar-refractivity contribution in [2.75, 3.05) is 18.4 Å². The topological polar surface area (TPSA) is 63.1 Å². The summed E-state index contributed by atoms with van der Waals surface area (Å²) in [5.74, 6) is 1.28. The lowest BCUT2D eigenvalue weighted by atomic mass is 9.59. The average Bonchev–Trinajstić information content (AvgIpc) is 2.85. The minimum absolute atomic E-state index is 0.0358. The second kappa shape index (κ2) is 5.07. The number of carbonyl (C=O) groups excluding carboxylic acids is 1. The van der Waals surface area contributed by atoms with E-state index in [1.807, 2.05) is 11.8 Å². The molecule has 6 heteroatoms. The number of hydrogen-bond donors (Lipinski definition) is 1. The summed E-state index contributed by atoms with van der Waals surface area (Å²) in [7, 11) is 0. The Bertz CT molecular complexity index is 494. The summed E-state index contributed by atoms with van der Waals surface area (Å²) in [6.45, 7) is 6.82. The lowest BCUT2D eigenvalue weighted by molar-refractivity contribution is -0.0108. The van der Waals surface area contributed by atoms with E-state index in [9.17, 15) is 4.79 Å². The summed E-state index contributed by atoms with van der Waals surface area (Å²) >= 11 is 0. The van der Waals surface area contributed by atoms with Gasteiger partial charge in [-0.25, -0.2) is 4.79 Å². The highest BCUT2D eigenvalue weighted by Crippen LogP contribution is 2.50. The molecule has 1 aromatic rings. The number of aryl methyl sites for hydroxylation is 1. The van der Waals surface area contributed by atoms with E-state index in [1.54, 1.807) is 10.9 Å². The zero-order chi connectivity index (χ0) is 14.2. The Labute approximate surface area is 119 Å². The van der Waals surface area contributed by atoms with E-state index in [0.717, 1.165) is 32.0 Å². The second-order valence-corrected chi connectivity index (χ2v) is 6.22. The van der Waals surface area contributed by atoms with Crippen molar-refractivity contribution in [1.82, 2.24) is 19.9 Å². The molecule has 3 rings (SSSR count). The fourth-order valence-corrected chi connectivity index (χ4v) is 3.42. The van der Waals surface area contributed by atoms with Crippen LogP contribution in [-0.2, 0) is 6.54 Å². The highest BCUT2D eigenvalue weighted by Gasteiger charge is 2.46. The van der Waals surface area contributed by atoms with Crippen LogP contribution in [0.25, 0.3) is 0 Å². The highest BCUT2D eigenvalue weighted by molar-refractivity contribution is 5.88. The first-order chi connectivity index (χ1) is 9.63. The molecule has 2 fully saturated rings. The minimum atomic E-state index is -0.0358. The molecule has 2 heterocycles. The summed E-state index contributed by atoms with van der Waals surface area (Å²) in [6.07, 6.45) is 6.72. The molecule has 1 N–H and O–H groups in total. The Morgan fingerprint density at radius 1 is 1.55 bits per heavy atom. The van der Waals surface area contributed by atoms with Crippen LogP contribution >= 0.6 is 0 Å². The van der Waals surface area contributed by atoms with Gasteiger partial charge in [-0.2, -0.15) is 0 Å². The monoisotopic (exact) mass is 277 g/mol. The van der Waals surface area contributed by atoms with Crippen molar-refractivity contribution < 1.29 is 4.79 Å². The fraction of sp³-hybridized carbons (Fsp3) is 0.786. The van der Waals surface area contributed by atoms with Crippen molar-refractivity contribution in [1.29, 1.82) is 0 Å². The molecule has 0 aromatic carbocycles. The van der Waals surface area contributed by atoms with E-state index in [4.69, 9.17) is 0 Å². The van der Waals surface area contributed by atoms with Crippen molar-refractivity contribution in [3.63, 3.8) is 0 Å². The van der Waals surface area contributed by atoms with Crippen LogP contribution in [0, 0.1) is 11.3 Å². The first-order valence-electron chi connectivity index (χ1n) is 7.59. The molecule has 1 saturated carbocycles. The second-order valence-electron chi connectivity index (χ2n) is 6.22. The predicted octanol–water partition coefficient (Wildman–Crippen LogP) is 2.34. The van der Waals surface area contributed by atoms with Gasteiger partial charge in [0.05, 0.1) is 6.20 Å². The van der Waals surface area contributed by atoms with Gasteiger partial charge in [-0.1, -0.05) is 18.6 Å². The van der Waals surface area contributed by atoms with Gasteiger partial charge in [-0.15, -0.1) is 5.10 Å². The van der Waals surface area contributed by atoms with Crippen LogP contribution in [-0.4, -0.2) is 39.0 Å². The molecule has 2 amide bonds. The van der Waals surface area contributed by atoms with Crippen LogP contribution in [0.2, 0.25) is 0 Å². The van der Waals surface area contributed by atoms with E-state index < -0.39 is 0 Å². The van der Waals surface area contributed by atoms with Gasteiger partial charge < -0.3 is 4.90 Å². The summed E-state index contributed by atoms with van der Waals surface area (Å²) in [4.78, 5) is 14.3. The fourth-order valence-electron chi connectivity index (χ4n) is 3.42. The summed E-state index contributed by atoms with van der Waals surface area (Å²) in [6, 6.07) is -0.0358. The number of piperidine rings is 1. The van der Waals surface area contributed by atoms with Gasteiger partial charge in [0.25, 0.3) is 0 Å². The molecular weight excluding hydrogens is 254 g/mol. The predicted molar refractivity (Wildman–Crippen MR) is 76.4 cm³/mol. The van der Waals surface area contributed by atoms with E-state index in [-0.39, 0.29) is 6.03 Å². The molecule has 1 unspecified atom stereocenters. The molecule has 6 nitrogen and oxygen atoms in total. The first kappa shape index (κ1) is 13.4.